The Morgan fingerprint density at radius 1 is 1.45 bits per heavy atom. The van der Waals surface area contributed by atoms with Gasteiger partial charge in [-0.2, -0.15) is 5.26 Å². The molecule has 1 aromatic carbocycles. The highest BCUT2D eigenvalue weighted by molar-refractivity contribution is 7.10. The van der Waals surface area contributed by atoms with Crippen LogP contribution in [0.1, 0.15) is 10.7 Å². The van der Waals surface area contributed by atoms with Gasteiger partial charge in [-0.3, -0.25) is 0 Å². The maximum Gasteiger partial charge on any atom is 0.231 e. The molecular weight excluding hydrogens is 274 g/mol. The van der Waals surface area contributed by atoms with Crippen LogP contribution < -0.4 is 14.8 Å². The Balaban J connectivity index is 1.80. The van der Waals surface area contributed by atoms with Crippen LogP contribution in [0.4, 0.5) is 5.69 Å². The van der Waals surface area contributed by atoms with E-state index in [0.717, 1.165) is 17.1 Å². The molecular formula is C14H11N3O2S. The number of nitrogens with one attached hydrogen (secondary N) is 1. The first-order chi connectivity index (χ1) is 9.76. The summed E-state index contributed by atoms with van der Waals surface area (Å²) in [6.45, 7) is 2.15. The SMILES string of the molecule is Cc1csc(/C(C#N)=C/Nc2ccc3c(c2)OCO3)n1. The van der Waals surface area contributed by atoms with Crippen molar-refractivity contribution in [2.24, 2.45) is 0 Å². The lowest BCUT2D eigenvalue weighted by molar-refractivity contribution is 0.174. The molecule has 2 heterocycles. The maximum absolute atomic E-state index is 9.19. The molecule has 100 valence electrons. The van der Waals surface area contributed by atoms with Gasteiger partial charge in [-0.25, -0.2) is 4.98 Å². The number of rotatable bonds is 3. The molecule has 0 radical (unpaired) electrons. The Labute approximate surface area is 120 Å². The van der Waals surface area contributed by atoms with Crippen molar-refractivity contribution in [1.82, 2.24) is 4.98 Å². The number of nitriles is 1. The van der Waals surface area contributed by atoms with E-state index in [4.69, 9.17) is 9.47 Å². The summed E-state index contributed by atoms with van der Waals surface area (Å²) in [6, 6.07) is 7.68. The van der Waals surface area contributed by atoms with Crippen molar-refractivity contribution in [3.63, 3.8) is 0 Å². The highest BCUT2D eigenvalue weighted by Crippen LogP contribution is 2.34. The summed E-state index contributed by atoms with van der Waals surface area (Å²) < 4.78 is 10.5. The molecule has 3 rings (SSSR count). The Morgan fingerprint density at radius 2 is 2.30 bits per heavy atom. The molecule has 2 aromatic rings. The molecule has 0 fully saturated rings. The molecule has 5 nitrogen and oxygen atoms in total. The van der Waals surface area contributed by atoms with Gasteiger partial charge in [0.15, 0.2) is 11.5 Å². The van der Waals surface area contributed by atoms with Gasteiger partial charge in [-0.05, 0) is 19.1 Å². The molecule has 0 saturated heterocycles. The van der Waals surface area contributed by atoms with E-state index in [9.17, 15) is 5.26 Å². The quantitative estimate of drug-likeness (QED) is 0.877. The first-order valence-corrected chi connectivity index (χ1v) is 6.83. The van der Waals surface area contributed by atoms with Crippen molar-refractivity contribution < 1.29 is 9.47 Å². The summed E-state index contributed by atoms with van der Waals surface area (Å²) in [5.74, 6) is 1.43. The second-order valence-electron chi connectivity index (χ2n) is 4.18. The third-order valence-corrected chi connectivity index (χ3v) is 3.72. The van der Waals surface area contributed by atoms with Gasteiger partial charge in [0.2, 0.25) is 6.79 Å². The van der Waals surface area contributed by atoms with Gasteiger partial charge in [0.25, 0.3) is 0 Å². The van der Waals surface area contributed by atoms with Crippen molar-refractivity contribution in [2.45, 2.75) is 6.92 Å². The Hall–Kier alpha value is -2.52. The molecule has 1 N–H and O–H groups in total. The lowest BCUT2D eigenvalue weighted by atomic mass is 10.2. The molecule has 0 spiro atoms. The van der Waals surface area contributed by atoms with Crippen LogP contribution in [0.3, 0.4) is 0 Å². The van der Waals surface area contributed by atoms with Crippen LogP contribution in [-0.4, -0.2) is 11.8 Å². The van der Waals surface area contributed by atoms with E-state index < -0.39 is 0 Å². The van der Waals surface area contributed by atoms with Gasteiger partial charge in [0.1, 0.15) is 16.6 Å². The monoisotopic (exact) mass is 285 g/mol. The zero-order chi connectivity index (χ0) is 13.9. The van der Waals surface area contributed by atoms with E-state index in [-0.39, 0.29) is 6.79 Å². The third-order valence-electron chi connectivity index (χ3n) is 2.73. The molecule has 0 amide bonds. The number of aromatic nitrogens is 1. The van der Waals surface area contributed by atoms with Gasteiger partial charge in [0, 0.05) is 29.0 Å². The predicted molar refractivity (Wildman–Crippen MR) is 76.6 cm³/mol. The largest absolute Gasteiger partial charge is 0.454 e. The molecule has 0 atom stereocenters. The number of hydrogen-bond acceptors (Lipinski definition) is 6. The molecule has 20 heavy (non-hydrogen) atoms. The highest BCUT2D eigenvalue weighted by atomic mass is 32.1. The molecule has 1 aliphatic heterocycles. The number of allylic oxidation sites excluding steroid dienone is 1. The number of benzene rings is 1. The first kappa shape index (κ1) is 12.5. The number of fused-ring (bicyclic) bond motifs is 1. The maximum atomic E-state index is 9.19. The van der Waals surface area contributed by atoms with E-state index in [2.05, 4.69) is 16.4 Å². The predicted octanol–water partition coefficient (Wildman–Crippen LogP) is 3.16. The molecule has 1 aromatic heterocycles. The lowest BCUT2D eigenvalue weighted by Gasteiger charge is -2.03. The van der Waals surface area contributed by atoms with Crippen LogP contribution in [0.2, 0.25) is 0 Å². The minimum absolute atomic E-state index is 0.246. The summed E-state index contributed by atoms with van der Waals surface area (Å²) >= 11 is 1.45. The number of nitrogens with zero attached hydrogens (tertiary/aromatic N) is 2. The molecule has 0 unspecified atom stereocenters. The van der Waals surface area contributed by atoms with Crippen LogP contribution in [0.25, 0.3) is 5.57 Å². The van der Waals surface area contributed by atoms with Gasteiger partial charge in [0.05, 0.1) is 0 Å². The van der Waals surface area contributed by atoms with Gasteiger partial charge >= 0.3 is 0 Å². The molecule has 0 bridgehead atoms. The minimum Gasteiger partial charge on any atom is -0.454 e. The van der Waals surface area contributed by atoms with E-state index in [1.54, 1.807) is 6.20 Å². The van der Waals surface area contributed by atoms with Crippen molar-refractivity contribution in [3.05, 3.63) is 40.5 Å². The molecule has 6 heteroatoms. The van der Waals surface area contributed by atoms with Gasteiger partial charge < -0.3 is 14.8 Å². The first-order valence-electron chi connectivity index (χ1n) is 5.95. The summed E-state index contributed by atoms with van der Waals surface area (Å²) in [4.78, 5) is 4.30. The van der Waals surface area contributed by atoms with Crippen LogP contribution in [-0.2, 0) is 0 Å². The Morgan fingerprint density at radius 3 is 3.05 bits per heavy atom. The van der Waals surface area contributed by atoms with Gasteiger partial charge in [-0.15, -0.1) is 11.3 Å². The van der Waals surface area contributed by atoms with E-state index in [0.29, 0.717) is 16.3 Å². The summed E-state index contributed by atoms with van der Waals surface area (Å²) in [6.07, 6.45) is 1.65. The summed E-state index contributed by atoms with van der Waals surface area (Å²) in [5, 5.41) is 14.9. The summed E-state index contributed by atoms with van der Waals surface area (Å²) in [5.41, 5.74) is 2.24. The number of anilines is 1. The van der Waals surface area contributed by atoms with Crippen molar-refractivity contribution in [1.29, 1.82) is 5.26 Å². The van der Waals surface area contributed by atoms with E-state index in [1.807, 2.05) is 30.5 Å². The second-order valence-corrected chi connectivity index (χ2v) is 5.03. The lowest BCUT2D eigenvalue weighted by Crippen LogP contribution is -1.93. The molecule has 0 aliphatic carbocycles. The van der Waals surface area contributed by atoms with Crippen molar-refractivity contribution >= 4 is 22.6 Å². The Bertz CT molecular complexity index is 715. The average molecular weight is 285 g/mol. The smallest absolute Gasteiger partial charge is 0.231 e. The number of aryl methyl sites for hydroxylation is 1. The zero-order valence-electron chi connectivity index (χ0n) is 10.7. The highest BCUT2D eigenvalue weighted by Gasteiger charge is 2.13. The minimum atomic E-state index is 0.246. The molecule has 0 saturated carbocycles. The number of thiazole rings is 1. The standard InChI is InChI=1S/C14H11N3O2S/c1-9-7-20-14(17-9)10(5-15)6-16-11-2-3-12-13(4-11)19-8-18-12/h2-4,6-7,16H,8H2,1H3/b10-6+. The number of hydrogen-bond donors (Lipinski definition) is 1. The van der Waals surface area contributed by atoms with Crippen LogP contribution in [0, 0.1) is 18.3 Å². The van der Waals surface area contributed by atoms with E-state index in [1.165, 1.54) is 11.3 Å². The van der Waals surface area contributed by atoms with Crippen LogP contribution in [0.15, 0.2) is 29.8 Å². The number of ether oxygens (including phenoxy) is 2. The zero-order valence-corrected chi connectivity index (χ0v) is 11.5. The summed E-state index contributed by atoms with van der Waals surface area (Å²) in [7, 11) is 0. The van der Waals surface area contributed by atoms with Crippen LogP contribution >= 0.6 is 11.3 Å². The average Bonchev–Trinajstić information content (AvgIpc) is 3.08. The van der Waals surface area contributed by atoms with E-state index >= 15 is 0 Å². The fourth-order valence-corrected chi connectivity index (χ4v) is 2.52. The fourth-order valence-electron chi connectivity index (χ4n) is 1.76. The normalized spacial score (nSPS) is 13.1. The fraction of sp³-hybridized carbons (Fsp3) is 0.143. The van der Waals surface area contributed by atoms with Gasteiger partial charge in [-0.1, -0.05) is 0 Å². The third kappa shape index (κ3) is 2.44. The van der Waals surface area contributed by atoms with Crippen molar-refractivity contribution in [2.75, 3.05) is 12.1 Å². The second kappa shape index (κ2) is 5.23. The Kier molecular flexibility index (Phi) is 3.27. The van der Waals surface area contributed by atoms with Crippen LogP contribution in [0.5, 0.6) is 11.5 Å². The topological polar surface area (TPSA) is 67.2 Å². The van der Waals surface area contributed by atoms with Crippen molar-refractivity contribution in [3.8, 4) is 17.6 Å². The molecule has 1 aliphatic rings.